The molecule has 3 N–H and O–H groups in total. The van der Waals surface area contributed by atoms with Gasteiger partial charge in [0.15, 0.2) is 0 Å². The highest BCUT2D eigenvalue weighted by molar-refractivity contribution is 5.73. The predicted molar refractivity (Wildman–Crippen MR) is 62.1 cm³/mol. The molecule has 94 valence electrons. The Kier molecular flexibility index (Phi) is 4.33. The van der Waals surface area contributed by atoms with Crippen LogP contribution in [0.1, 0.15) is 40.0 Å². The van der Waals surface area contributed by atoms with E-state index in [2.05, 4.69) is 20.8 Å². The van der Waals surface area contributed by atoms with Crippen LogP contribution in [-0.2, 0) is 9.53 Å². The summed E-state index contributed by atoms with van der Waals surface area (Å²) in [5.74, 6) is -0.363. The van der Waals surface area contributed by atoms with Crippen LogP contribution >= 0.6 is 0 Å². The van der Waals surface area contributed by atoms with Gasteiger partial charge in [-0.25, -0.2) is 0 Å². The zero-order chi connectivity index (χ0) is 12.3. The van der Waals surface area contributed by atoms with Gasteiger partial charge < -0.3 is 15.6 Å². The van der Waals surface area contributed by atoms with Gasteiger partial charge in [-0.2, -0.15) is 0 Å². The Morgan fingerprint density at radius 3 is 2.69 bits per heavy atom. The number of rotatable bonds is 4. The van der Waals surface area contributed by atoms with Crippen molar-refractivity contribution in [2.45, 2.75) is 52.2 Å². The van der Waals surface area contributed by atoms with E-state index < -0.39 is 12.0 Å². The SMILES string of the molecule is CC1CC(OCC(N)C(=O)O)CC(C)(C)C1. The quantitative estimate of drug-likeness (QED) is 0.768. The van der Waals surface area contributed by atoms with Crippen molar-refractivity contribution in [2.75, 3.05) is 6.61 Å². The van der Waals surface area contributed by atoms with E-state index in [9.17, 15) is 4.79 Å². The van der Waals surface area contributed by atoms with Crippen molar-refractivity contribution >= 4 is 5.97 Å². The molecular weight excluding hydrogens is 206 g/mol. The van der Waals surface area contributed by atoms with Crippen molar-refractivity contribution in [2.24, 2.45) is 17.1 Å². The molecule has 0 aromatic carbocycles. The maximum absolute atomic E-state index is 10.6. The molecule has 0 amide bonds. The molecule has 0 saturated heterocycles. The highest BCUT2D eigenvalue weighted by Crippen LogP contribution is 2.39. The largest absolute Gasteiger partial charge is 0.480 e. The average molecular weight is 229 g/mol. The van der Waals surface area contributed by atoms with Crippen LogP contribution in [0.25, 0.3) is 0 Å². The second kappa shape index (κ2) is 5.15. The van der Waals surface area contributed by atoms with Crippen molar-refractivity contribution in [3.05, 3.63) is 0 Å². The van der Waals surface area contributed by atoms with E-state index in [-0.39, 0.29) is 18.1 Å². The van der Waals surface area contributed by atoms with Crippen LogP contribution in [0, 0.1) is 11.3 Å². The molecule has 3 atom stereocenters. The summed E-state index contributed by atoms with van der Waals surface area (Å²) in [6, 6.07) is -0.902. The highest BCUT2D eigenvalue weighted by Gasteiger charge is 2.32. The molecule has 0 radical (unpaired) electrons. The van der Waals surface area contributed by atoms with Gasteiger partial charge in [0.1, 0.15) is 6.04 Å². The molecule has 0 spiro atoms. The number of hydrogen-bond acceptors (Lipinski definition) is 3. The summed E-state index contributed by atoms with van der Waals surface area (Å²) in [5.41, 5.74) is 5.70. The van der Waals surface area contributed by atoms with Crippen molar-refractivity contribution in [1.82, 2.24) is 0 Å². The van der Waals surface area contributed by atoms with Crippen LogP contribution < -0.4 is 5.73 Å². The fourth-order valence-electron chi connectivity index (χ4n) is 2.70. The summed E-state index contributed by atoms with van der Waals surface area (Å²) < 4.78 is 5.61. The van der Waals surface area contributed by atoms with Crippen LogP contribution in [0.2, 0.25) is 0 Å². The van der Waals surface area contributed by atoms with Gasteiger partial charge in [0.2, 0.25) is 0 Å². The zero-order valence-electron chi connectivity index (χ0n) is 10.4. The lowest BCUT2D eigenvalue weighted by atomic mass is 9.71. The van der Waals surface area contributed by atoms with Gasteiger partial charge in [0, 0.05) is 0 Å². The second-order valence-electron chi connectivity index (χ2n) is 5.81. The first-order chi connectivity index (χ1) is 7.30. The molecule has 16 heavy (non-hydrogen) atoms. The first-order valence-electron chi connectivity index (χ1n) is 5.90. The molecule has 1 aliphatic carbocycles. The third kappa shape index (κ3) is 4.10. The normalized spacial score (nSPS) is 31.0. The molecule has 1 fully saturated rings. The molecule has 1 rings (SSSR count). The number of ether oxygens (including phenoxy) is 1. The van der Waals surface area contributed by atoms with Gasteiger partial charge in [-0.1, -0.05) is 20.8 Å². The summed E-state index contributed by atoms with van der Waals surface area (Å²) in [5, 5.41) is 8.66. The van der Waals surface area contributed by atoms with Gasteiger partial charge in [0.25, 0.3) is 0 Å². The minimum atomic E-state index is -0.997. The fraction of sp³-hybridized carbons (Fsp3) is 0.917. The van der Waals surface area contributed by atoms with Crippen LogP contribution in [-0.4, -0.2) is 29.8 Å². The number of hydrogen-bond donors (Lipinski definition) is 2. The van der Waals surface area contributed by atoms with Crippen molar-refractivity contribution in [3.63, 3.8) is 0 Å². The van der Waals surface area contributed by atoms with Gasteiger partial charge in [-0.3, -0.25) is 4.79 Å². The van der Waals surface area contributed by atoms with Gasteiger partial charge in [-0.05, 0) is 30.6 Å². The van der Waals surface area contributed by atoms with Crippen LogP contribution in [0.15, 0.2) is 0 Å². The van der Waals surface area contributed by atoms with E-state index in [1.165, 1.54) is 6.42 Å². The molecule has 0 aromatic rings. The maximum Gasteiger partial charge on any atom is 0.322 e. The Bertz CT molecular complexity index is 253. The van der Waals surface area contributed by atoms with Gasteiger partial charge >= 0.3 is 5.97 Å². The Balaban J connectivity index is 2.40. The lowest BCUT2D eigenvalue weighted by molar-refractivity contribution is -0.141. The molecule has 1 saturated carbocycles. The summed E-state index contributed by atoms with van der Waals surface area (Å²) >= 11 is 0. The van der Waals surface area contributed by atoms with E-state index in [4.69, 9.17) is 15.6 Å². The number of carboxylic acid groups (broad SMARTS) is 1. The summed E-state index contributed by atoms with van der Waals surface area (Å²) in [7, 11) is 0. The topological polar surface area (TPSA) is 72.5 Å². The van der Waals surface area contributed by atoms with E-state index in [0.29, 0.717) is 5.92 Å². The van der Waals surface area contributed by atoms with E-state index in [1.807, 2.05) is 0 Å². The van der Waals surface area contributed by atoms with Crippen LogP contribution in [0.5, 0.6) is 0 Å². The smallest absolute Gasteiger partial charge is 0.322 e. The molecule has 1 aliphatic rings. The van der Waals surface area contributed by atoms with Gasteiger partial charge in [0.05, 0.1) is 12.7 Å². The predicted octanol–water partition coefficient (Wildman–Crippen LogP) is 1.63. The first kappa shape index (κ1) is 13.5. The molecule has 0 aliphatic heterocycles. The number of aliphatic carboxylic acids is 1. The Morgan fingerprint density at radius 2 is 2.19 bits per heavy atom. The standard InChI is InChI=1S/C12H23NO3/c1-8-4-9(6-12(2,3)5-8)16-7-10(13)11(14)15/h8-10H,4-7,13H2,1-3H3,(H,14,15). The minimum absolute atomic E-state index is 0.114. The molecule has 4 nitrogen and oxygen atoms in total. The maximum atomic E-state index is 10.6. The molecule has 0 bridgehead atoms. The molecule has 3 unspecified atom stereocenters. The molecular formula is C12H23NO3. The Morgan fingerprint density at radius 1 is 1.56 bits per heavy atom. The first-order valence-corrected chi connectivity index (χ1v) is 5.90. The zero-order valence-corrected chi connectivity index (χ0v) is 10.4. The van der Waals surface area contributed by atoms with E-state index in [1.54, 1.807) is 0 Å². The average Bonchev–Trinajstić information content (AvgIpc) is 2.10. The van der Waals surface area contributed by atoms with Crippen molar-refractivity contribution in [3.8, 4) is 0 Å². The van der Waals surface area contributed by atoms with Crippen molar-refractivity contribution < 1.29 is 14.6 Å². The number of carboxylic acids is 1. The molecule has 4 heteroatoms. The number of carbonyl (C=O) groups is 1. The summed E-state index contributed by atoms with van der Waals surface area (Å²) in [6.45, 7) is 6.80. The summed E-state index contributed by atoms with van der Waals surface area (Å²) in [4.78, 5) is 10.6. The monoisotopic (exact) mass is 229 g/mol. The fourth-order valence-corrected chi connectivity index (χ4v) is 2.70. The minimum Gasteiger partial charge on any atom is -0.480 e. The Labute approximate surface area is 97.2 Å². The number of nitrogens with two attached hydrogens (primary N) is 1. The van der Waals surface area contributed by atoms with Crippen LogP contribution in [0.3, 0.4) is 0 Å². The molecule has 0 heterocycles. The van der Waals surface area contributed by atoms with E-state index in [0.717, 1.165) is 12.8 Å². The van der Waals surface area contributed by atoms with Crippen molar-refractivity contribution in [1.29, 1.82) is 0 Å². The lowest BCUT2D eigenvalue weighted by Gasteiger charge is -2.38. The third-order valence-electron chi connectivity index (χ3n) is 3.18. The van der Waals surface area contributed by atoms with Crippen LogP contribution in [0.4, 0.5) is 0 Å². The van der Waals surface area contributed by atoms with E-state index >= 15 is 0 Å². The second-order valence-corrected chi connectivity index (χ2v) is 5.81. The highest BCUT2D eigenvalue weighted by atomic mass is 16.5. The molecule has 0 aromatic heterocycles. The summed E-state index contributed by atoms with van der Waals surface area (Å²) in [6.07, 6.45) is 3.36. The lowest BCUT2D eigenvalue weighted by Crippen LogP contribution is -2.39. The van der Waals surface area contributed by atoms with Gasteiger partial charge in [-0.15, -0.1) is 0 Å². The third-order valence-corrected chi connectivity index (χ3v) is 3.18. The Hall–Kier alpha value is -0.610.